The molecule has 8 heteroatoms. The molecule has 3 aromatic carbocycles. The van der Waals surface area contributed by atoms with E-state index >= 15 is 0 Å². The fraction of sp³-hybridized carbons (Fsp3) is 0.303. The average Bonchev–Trinajstić information content (AvgIpc) is 3.52. The minimum atomic E-state index is -0.601. The van der Waals surface area contributed by atoms with Crippen molar-refractivity contribution in [2.75, 3.05) is 33.4 Å². The zero-order valence-electron chi connectivity index (χ0n) is 23.7. The highest BCUT2D eigenvalue weighted by Crippen LogP contribution is 2.44. The molecule has 0 aliphatic heterocycles. The van der Waals surface area contributed by atoms with Gasteiger partial charge in [-0.25, -0.2) is 9.78 Å². The Morgan fingerprint density at radius 1 is 1.05 bits per heavy atom. The third kappa shape index (κ3) is 6.18. The van der Waals surface area contributed by atoms with Crippen molar-refractivity contribution in [3.63, 3.8) is 0 Å². The number of esters is 1. The molecule has 0 N–H and O–H groups in total. The summed E-state index contributed by atoms with van der Waals surface area (Å²) >= 11 is 0. The van der Waals surface area contributed by atoms with Crippen LogP contribution in [0.15, 0.2) is 77.8 Å². The number of hydrogen-bond donors (Lipinski definition) is 0. The average molecular weight is 552 g/mol. The summed E-state index contributed by atoms with van der Waals surface area (Å²) in [5.74, 6) is 0.254. The number of methoxy groups -OCH3 is 1. The van der Waals surface area contributed by atoms with Gasteiger partial charge >= 0.3 is 5.97 Å². The van der Waals surface area contributed by atoms with Crippen molar-refractivity contribution in [2.45, 2.75) is 32.9 Å². The van der Waals surface area contributed by atoms with Crippen LogP contribution in [-0.2, 0) is 27.4 Å². The lowest BCUT2D eigenvalue weighted by Gasteiger charge is -2.21. The van der Waals surface area contributed by atoms with Crippen molar-refractivity contribution < 1.29 is 19.4 Å². The van der Waals surface area contributed by atoms with Gasteiger partial charge in [-0.3, -0.25) is 4.99 Å². The zero-order valence-corrected chi connectivity index (χ0v) is 23.7. The van der Waals surface area contributed by atoms with Crippen LogP contribution < -0.4 is 5.11 Å². The van der Waals surface area contributed by atoms with Gasteiger partial charge in [0.05, 0.1) is 24.7 Å². The van der Waals surface area contributed by atoms with Gasteiger partial charge in [-0.1, -0.05) is 68.4 Å². The zero-order chi connectivity index (χ0) is 28.8. The number of carbonyl (C=O) groups is 1. The monoisotopic (exact) mass is 551 g/mol. The van der Waals surface area contributed by atoms with Crippen molar-refractivity contribution in [3.8, 4) is 11.1 Å². The molecule has 0 radical (unpaired) electrons. The number of carbonyl (C=O) groups excluding carboxylic acids is 1. The highest BCUT2D eigenvalue weighted by Gasteiger charge is 2.26. The molecule has 0 unspecified atom stereocenters. The summed E-state index contributed by atoms with van der Waals surface area (Å²) in [6.07, 6.45) is 2.48. The first-order valence-corrected chi connectivity index (χ1v) is 14.0. The van der Waals surface area contributed by atoms with Crippen molar-refractivity contribution in [3.05, 3.63) is 95.3 Å². The number of ether oxygens (including phenoxy) is 2. The third-order valence-electron chi connectivity index (χ3n) is 7.68. The Labute approximate surface area is 240 Å². The van der Waals surface area contributed by atoms with Crippen LogP contribution in [-0.4, -0.2) is 59.9 Å². The van der Waals surface area contributed by atoms with Gasteiger partial charge in [-0.2, -0.15) is 0 Å². The Morgan fingerprint density at radius 3 is 2.39 bits per heavy atom. The molecular weight excluding hydrogens is 516 g/mol. The first-order chi connectivity index (χ1) is 20.0. The van der Waals surface area contributed by atoms with E-state index in [1.807, 2.05) is 42.5 Å². The number of fused-ring (bicyclic) bond motifs is 4. The number of likely N-dealkylation sites (N-methyl/N-ethyl adjacent to an activating group) is 1. The van der Waals surface area contributed by atoms with E-state index in [2.05, 4.69) is 52.6 Å². The summed E-state index contributed by atoms with van der Waals surface area (Å²) in [5, 5.41) is 12.8. The molecule has 0 atom stereocenters. The molecule has 0 spiro atoms. The van der Waals surface area contributed by atoms with Crippen LogP contribution in [0.4, 0.5) is 0 Å². The quantitative estimate of drug-likeness (QED) is 0.117. The van der Waals surface area contributed by atoms with E-state index in [-0.39, 0.29) is 19.1 Å². The second kappa shape index (κ2) is 12.8. The SMILES string of the molecule is CCN(CC)CCn1c(CN=C([O-])OCC2c3ccccc3-c3ccccc32)nc2cc(/C=C/C(=O)OC)ccc21. The van der Waals surface area contributed by atoms with Gasteiger partial charge in [0.15, 0.2) is 0 Å². The van der Waals surface area contributed by atoms with Gasteiger partial charge in [0.25, 0.3) is 0 Å². The van der Waals surface area contributed by atoms with E-state index in [0.717, 1.165) is 47.4 Å². The molecule has 0 saturated carbocycles. The maximum absolute atomic E-state index is 12.8. The lowest BCUT2D eigenvalue weighted by molar-refractivity contribution is -0.251. The highest BCUT2D eigenvalue weighted by atomic mass is 16.6. The van der Waals surface area contributed by atoms with E-state index in [9.17, 15) is 9.90 Å². The molecule has 1 aromatic heterocycles. The third-order valence-corrected chi connectivity index (χ3v) is 7.68. The van der Waals surface area contributed by atoms with Gasteiger partial charge in [-0.05, 0) is 59.1 Å². The van der Waals surface area contributed by atoms with Crippen LogP contribution in [0.3, 0.4) is 0 Å². The number of aromatic nitrogens is 2. The van der Waals surface area contributed by atoms with Crippen molar-refractivity contribution in [2.24, 2.45) is 4.99 Å². The predicted molar refractivity (Wildman–Crippen MR) is 159 cm³/mol. The predicted octanol–water partition coefficient (Wildman–Crippen LogP) is 4.61. The second-order valence-corrected chi connectivity index (χ2v) is 9.93. The number of benzene rings is 3. The Bertz CT molecular complexity index is 1540. The topological polar surface area (TPSA) is 92.0 Å². The van der Waals surface area contributed by atoms with Crippen LogP contribution in [0.5, 0.6) is 0 Å². The van der Waals surface area contributed by atoms with E-state index in [1.165, 1.54) is 24.3 Å². The van der Waals surface area contributed by atoms with Gasteiger partial charge in [0.2, 0.25) is 0 Å². The lowest BCUT2D eigenvalue weighted by Crippen LogP contribution is -2.27. The fourth-order valence-corrected chi connectivity index (χ4v) is 5.46. The summed E-state index contributed by atoms with van der Waals surface area (Å²) in [7, 11) is 1.35. The lowest BCUT2D eigenvalue weighted by atomic mass is 9.98. The molecule has 1 heterocycles. The fourth-order valence-electron chi connectivity index (χ4n) is 5.46. The number of rotatable bonds is 11. The largest absolute Gasteiger partial charge is 0.599 e. The van der Waals surface area contributed by atoms with Crippen LogP contribution in [0.1, 0.15) is 42.3 Å². The molecule has 41 heavy (non-hydrogen) atoms. The maximum Gasteiger partial charge on any atom is 0.330 e. The van der Waals surface area contributed by atoms with Crippen molar-refractivity contribution in [1.29, 1.82) is 0 Å². The van der Waals surface area contributed by atoms with Crippen LogP contribution >= 0.6 is 0 Å². The van der Waals surface area contributed by atoms with Gasteiger partial charge < -0.3 is 24.0 Å². The van der Waals surface area contributed by atoms with Crippen LogP contribution in [0.25, 0.3) is 28.2 Å². The van der Waals surface area contributed by atoms with E-state index in [0.29, 0.717) is 12.4 Å². The number of hydrogen-bond acceptors (Lipinski definition) is 7. The van der Waals surface area contributed by atoms with E-state index < -0.39 is 12.1 Å². The van der Waals surface area contributed by atoms with Gasteiger partial charge in [-0.15, -0.1) is 0 Å². The molecule has 1 aliphatic carbocycles. The summed E-state index contributed by atoms with van der Waals surface area (Å²) in [6.45, 7) is 8.08. The smallest absolute Gasteiger partial charge is 0.330 e. The first-order valence-electron chi connectivity index (χ1n) is 14.0. The number of aliphatic imine (C=N–C) groups is 1. The molecule has 0 amide bonds. The Morgan fingerprint density at radius 2 is 1.73 bits per heavy atom. The van der Waals surface area contributed by atoms with Crippen molar-refractivity contribution in [1.82, 2.24) is 14.5 Å². The minimum absolute atomic E-state index is 0.0170. The molecule has 0 bridgehead atoms. The summed E-state index contributed by atoms with van der Waals surface area (Å²) in [6, 6.07) is 22.3. The van der Waals surface area contributed by atoms with Gasteiger partial charge in [0.1, 0.15) is 11.9 Å². The summed E-state index contributed by atoms with van der Waals surface area (Å²) < 4.78 is 12.5. The highest BCUT2D eigenvalue weighted by molar-refractivity contribution is 5.88. The van der Waals surface area contributed by atoms with E-state index in [1.54, 1.807) is 6.08 Å². The van der Waals surface area contributed by atoms with Crippen molar-refractivity contribution >= 4 is 29.2 Å². The minimum Gasteiger partial charge on any atom is -0.599 e. The molecular formula is C33H35N4O4-. The normalized spacial score (nSPS) is 13.2. The first kappa shape index (κ1) is 28.1. The molecule has 4 aromatic rings. The summed E-state index contributed by atoms with van der Waals surface area (Å²) in [4.78, 5) is 22.9. The maximum atomic E-state index is 12.8. The molecule has 1 aliphatic rings. The van der Waals surface area contributed by atoms with E-state index in [4.69, 9.17) is 14.5 Å². The van der Waals surface area contributed by atoms with Crippen LogP contribution in [0.2, 0.25) is 0 Å². The number of imidazole rings is 1. The molecule has 5 rings (SSSR count). The van der Waals surface area contributed by atoms with Crippen LogP contribution in [0, 0.1) is 0 Å². The van der Waals surface area contributed by atoms with Gasteiger partial charge in [0, 0.05) is 31.7 Å². The Kier molecular flexibility index (Phi) is 8.79. The number of nitrogens with zero attached hydrogens (tertiary/aromatic N) is 4. The standard InChI is InChI=1S/C33H36N4O4/c1-4-36(5-2)18-19-37-30-16-14-23(15-17-32(38)40-3)20-29(30)35-31(37)21-34-33(39)41-22-28-26-12-8-6-10-24(26)25-11-7-9-13-27(25)28/h6-17,20,28H,4-5,18-19,21-22H2,1-3H3,(H,34,39)/p-1/b17-15+. The molecule has 0 saturated heterocycles. The molecule has 212 valence electrons. The molecule has 8 nitrogen and oxygen atoms in total. The second-order valence-electron chi connectivity index (χ2n) is 9.93. The molecule has 0 fully saturated rings. The Balaban J connectivity index is 1.35. The Hall–Kier alpha value is -4.43. The summed E-state index contributed by atoms with van der Waals surface area (Å²) in [5.41, 5.74) is 7.25.